The fraction of sp³-hybridized carbons (Fsp3) is 1.00. The van der Waals surface area contributed by atoms with E-state index in [0.717, 1.165) is 19.0 Å². The third kappa shape index (κ3) is 5.87. The first kappa shape index (κ1) is 12.3. The normalized spacial score (nSPS) is 21.9. The zero-order valence-corrected chi connectivity index (χ0v) is 10.2. The van der Waals surface area contributed by atoms with Crippen molar-refractivity contribution in [3.8, 4) is 0 Å². The monoisotopic (exact) mass is 217 g/mol. The Morgan fingerprint density at radius 3 is 2.43 bits per heavy atom. The highest BCUT2D eigenvalue weighted by molar-refractivity contribution is 6.20. The Hall–Kier alpha value is 0.250. The molecule has 1 fully saturated rings. The molecule has 1 nitrogen and oxygen atoms in total. The number of hydrogen-bond donors (Lipinski definition) is 1. The van der Waals surface area contributed by atoms with Gasteiger partial charge in [0.15, 0.2) is 0 Å². The van der Waals surface area contributed by atoms with Gasteiger partial charge in [-0.3, -0.25) is 0 Å². The van der Waals surface area contributed by atoms with Crippen molar-refractivity contribution < 1.29 is 0 Å². The van der Waals surface area contributed by atoms with E-state index in [1.807, 2.05) is 0 Å². The molecule has 1 atom stereocenters. The molecule has 1 N–H and O–H groups in total. The molecule has 1 aliphatic rings. The average Bonchev–Trinajstić information content (AvgIpc) is 2.40. The fourth-order valence-electron chi connectivity index (χ4n) is 2.17. The predicted molar refractivity (Wildman–Crippen MR) is 64.0 cm³/mol. The topological polar surface area (TPSA) is 12.0 Å². The summed E-state index contributed by atoms with van der Waals surface area (Å²) in [7, 11) is 0. The highest BCUT2D eigenvalue weighted by atomic mass is 35.5. The summed E-state index contributed by atoms with van der Waals surface area (Å²) in [6, 6.07) is 0.795. The molecule has 0 amide bonds. The van der Waals surface area contributed by atoms with E-state index in [4.69, 9.17) is 11.6 Å². The zero-order valence-electron chi connectivity index (χ0n) is 9.40. The van der Waals surface area contributed by atoms with Gasteiger partial charge in [-0.15, -0.1) is 11.6 Å². The van der Waals surface area contributed by atoms with Gasteiger partial charge in [0.1, 0.15) is 0 Å². The quantitative estimate of drug-likeness (QED) is 0.421. The molecular weight excluding hydrogens is 194 g/mol. The van der Waals surface area contributed by atoms with Crippen LogP contribution in [0.3, 0.4) is 0 Å². The van der Waals surface area contributed by atoms with Crippen LogP contribution >= 0.6 is 11.6 Å². The Kier molecular flexibility index (Phi) is 6.63. The van der Waals surface area contributed by atoms with E-state index in [9.17, 15) is 0 Å². The van der Waals surface area contributed by atoms with Gasteiger partial charge in [-0.05, 0) is 39.2 Å². The minimum atomic E-state index is 0.339. The molecule has 1 saturated carbocycles. The molecule has 0 aliphatic heterocycles. The van der Waals surface area contributed by atoms with Crippen LogP contribution in [0.25, 0.3) is 0 Å². The van der Waals surface area contributed by atoms with Gasteiger partial charge in [-0.1, -0.05) is 25.7 Å². The number of hydrogen-bond acceptors (Lipinski definition) is 1. The van der Waals surface area contributed by atoms with Crippen LogP contribution in [0.4, 0.5) is 0 Å². The van der Waals surface area contributed by atoms with Gasteiger partial charge in [-0.2, -0.15) is 0 Å². The summed E-state index contributed by atoms with van der Waals surface area (Å²) >= 11 is 5.90. The first-order valence-corrected chi connectivity index (χ1v) is 6.60. The van der Waals surface area contributed by atoms with Crippen LogP contribution in [0.15, 0.2) is 0 Å². The van der Waals surface area contributed by atoms with Crippen molar-refractivity contribution in [1.82, 2.24) is 5.32 Å². The predicted octanol–water partition coefficient (Wildman–Crippen LogP) is 3.71. The number of nitrogens with one attached hydrogen (secondary N) is 1. The van der Waals surface area contributed by atoms with E-state index in [1.54, 1.807) is 0 Å². The molecule has 0 aromatic carbocycles. The summed E-state index contributed by atoms with van der Waals surface area (Å²) in [6.45, 7) is 3.23. The lowest BCUT2D eigenvalue weighted by Gasteiger charge is -2.16. The standard InChI is InChI=1S/C12H24ClN/c1-11(13)7-6-10-14-12-8-4-2-3-5-9-12/h11-12,14H,2-10H2,1H3. The van der Waals surface area contributed by atoms with Crippen LogP contribution in [-0.4, -0.2) is 18.0 Å². The Morgan fingerprint density at radius 1 is 1.21 bits per heavy atom. The van der Waals surface area contributed by atoms with E-state index in [1.165, 1.54) is 44.9 Å². The van der Waals surface area contributed by atoms with Crippen LogP contribution in [0.1, 0.15) is 58.3 Å². The summed E-state index contributed by atoms with van der Waals surface area (Å²) in [5.41, 5.74) is 0. The summed E-state index contributed by atoms with van der Waals surface area (Å²) in [5.74, 6) is 0. The third-order valence-electron chi connectivity index (χ3n) is 3.07. The van der Waals surface area contributed by atoms with E-state index in [0.29, 0.717) is 5.38 Å². The molecule has 14 heavy (non-hydrogen) atoms. The lowest BCUT2D eigenvalue weighted by molar-refractivity contribution is 0.451. The van der Waals surface area contributed by atoms with Gasteiger partial charge in [0.25, 0.3) is 0 Å². The van der Waals surface area contributed by atoms with Crippen LogP contribution in [0.2, 0.25) is 0 Å². The highest BCUT2D eigenvalue weighted by Crippen LogP contribution is 2.17. The lowest BCUT2D eigenvalue weighted by atomic mass is 10.1. The molecule has 2 heteroatoms. The van der Waals surface area contributed by atoms with Crippen molar-refractivity contribution in [2.24, 2.45) is 0 Å². The molecule has 0 aromatic rings. The van der Waals surface area contributed by atoms with Gasteiger partial charge in [0, 0.05) is 11.4 Å². The molecule has 0 saturated heterocycles. The smallest absolute Gasteiger partial charge is 0.0308 e. The Balaban J connectivity index is 1.99. The van der Waals surface area contributed by atoms with Gasteiger partial charge in [0.2, 0.25) is 0 Å². The van der Waals surface area contributed by atoms with Gasteiger partial charge >= 0.3 is 0 Å². The molecule has 1 unspecified atom stereocenters. The lowest BCUT2D eigenvalue weighted by Crippen LogP contribution is -2.29. The first-order valence-electron chi connectivity index (χ1n) is 6.16. The molecule has 1 aliphatic carbocycles. The Morgan fingerprint density at radius 2 is 1.86 bits per heavy atom. The first-order chi connectivity index (χ1) is 6.79. The maximum atomic E-state index is 5.90. The van der Waals surface area contributed by atoms with Crippen molar-refractivity contribution in [2.75, 3.05) is 6.54 Å². The van der Waals surface area contributed by atoms with Crippen LogP contribution in [-0.2, 0) is 0 Å². The summed E-state index contributed by atoms with van der Waals surface area (Å²) in [5, 5.41) is 4.00. The molecule has 1 rings (SSSR count). The van der Waals surface area contributed by atoms with E-state index in [2.05, 4.69) is 12.2 Å². The number of halogens is 1. The Labute approximate surface area is 93.6 Å². The maximum absolute atomic E-state index is 5.90. The summed E-state index contributed by atoms with van der Waals surface area (Å²) in [6.07, 6.45) is 10.9. The molecule has 0 radical (unpaired) electrons. The molecule has 0 aromatic heterocycles. The van der Waals surface area contributed by atoms with Crippen molar-refractivity contribution in [2.45, 2.75) is 69.7 Å². The van der Waals surface area contributed by atoms with E-state index < -0.39 is 0 Å². The maximum Gasteiger partial charge on any atom is 0.0308 e. The zero-order chi connectivity index (χ0) is 10.2. The van der Waals surface area contributed by atoms with Crippen molar-refractivity contribution in [3.05, 3.63) is 0 Å². The average molecular weight is 218 g/mol. The molecule has 0 heterocycles. The van der Waals surface area contributed by atoms with Crippen molar-refractivity contribution in [1.29, 1.82) is 0 Å². The SMILES string of the molecule is CC(Cl)CCCNC1CCCCCC1. The van der Waals surface area contributed by atoms with E-state index >= 15 is 0 Å². The van der Waals surface area contributed by atoms with Crippen molar-refractivity contribution >= 4 is 11.6 Å². The van der Waals surface area contributed by atoms with Gasteiger partial charge in [-0.25, -0.2) is 0 Å². The second-order valence-electron chi connectivity index (χ2n) is 4.57. The van der Waals surface area contributed by atoms with Gasteiger partial charge in [0.05, 0.1) is 0 Å². The Bertz CT molecular complexity index is 128. The minimum Gasteiger partial charge on any atom is -0.314 e. The van der Waals surface area contributed by atoms with E-state index in [-0.39, 0.29) is 0 Å². The van der Waals surface area contributed by atoms with Crippen LogP contribution in [0.5, 0.6) is 0 Å². The highest BCUT2D eigenvalue weighted by Gasteiger charge is 2.10. The fourth-order valence-corrected chi connectivity index (χ4v) is 2.33. The molecule has 0 bridgehead atoms. The van der Waals surface area contributed by atoms with Crippen molar-refractivity contribution in [3.63, 3.8) is 0 Å². The number of rotatable bonds is 5. The molecule has 0 spiro atoms. The largest absolute Gasteiger partial charge is 0.314 e. The number of alkyl halides is 1. The third-order valence-corrected chi connectivity index (χ3v) is 3.29. The summed E-state index contributed by atoms with van der Waals surface area (Å²) < 4.78 is 0. The molecule has 84 valence electrons. The van der Waals surface area contributed by atoms with Crippen LogP contribution in [0, 0.1) is 0 Å². The minimum absolute atomic E-state index is 0.339. The van der Waals surface area contributed by atoms with Crippen LogP contribution < -0.4 is 5.32 Å². The second-order valence-corrected chi connectivity index (χ2v) is 5.31. The summed E-state index contributed by atoms with van der Waals surface area (Å²) in [4.78, 5) is 0. The molecular formula is C12H24ClN. The second kappa shape index (κ2) is 7.53. The van der Waals surface area contributed by atoms with Gasteiger partial charge < -0.3 is 5.32 Å².